The number of hydrogen-bond donors (Lipinski definition) is 2. The Morgan fingerprint density at radius 2 is 2.36 bits per heavy atom. The standard InChI is InChI=1S/C7H7FO3/c8-7(11)3-1-5(2-4-7)6(9)10/h1-3,11H,4H2,(H,9,10). The molecule has 1 aliphatic carbocycles. The van der Waals surface area contributed by atoms with Crippen LogP contribution in [0.1, 0.15) is 6.42 Å². The Hall–Kier alpha value is -1.16. The van der Waals surface area contributed by atoms with E-state index in [1.165, 1.54) is 0 Å². The number of rotatable bonds is 1. The van der Waals surface area contributed by atoms with Crippen molar-refractivity contribution >= 4 is 5.97 Å². The third-order valence-electron chi connectivity index (χ3n) is 1.37. The van der Waals surface area contributed by atoms with E-state index in [0.29, 0.717) is 0 Å². The molecule has 2 N–H and O–H groups in total. The van der Waals surface area contributed by atoms with Crippen LogP contribution in [0.4, 0.5) is 4.39 Å². The lowest BCUT2D eigenvalue weighted by Crippen LogP contribution is -2.20. The molecule has 0 aromatic carbocycles. The molecule has 0 spiro atoms. The summed E-state index contributed by atoms with van der Waals surface area (Å²) in [6.45, 7) is 0. The Morgan fingerprint density at radius 1 is 1.73 bits per heavy atom. The first-order chi connectivity index (χ1) is 5.01. The fourth-order valence-corrected chi connectivity index (χ4v) is 0.765. The molecule has 0 fully saturated rings. The number of aliphatic carboxylic acids is 1. The van der Waals surface area contributed by atoms with Crippen LogP contribution in [0.15, 0.2) is 23.8 Å². The van der Waals surface area contributed by atoms with Crippen molar-refractivity contribution in [1.82, 2.24) is 0 Å². The summed E-state index contributed by atoms with van der Waals surface area (Å²) >= 11 is 0. The zero-order chi connectivity index (χ0) is 8.48. The van der Waals surface area contributed by atoms with Crippen molar-refractivity contribution in [2.45, 2.75) is 12.3 Å². The topological polar surface area (TPSA) is 57.5 Å². The van der Waals surface area contributed by atoms with Crippen LogP contribution in [0.5, 0.6) is 0 Å². The molecule has 0 amide bonds. The number of carboxylic acids is 1. The van der Waals surface area contributed by atoms with Gasteiger partial charge in [-0.3, -0.25) is 0 Å². The Bertz CT molecular complexity index is 240. The predicted octanol–water partition coefficient (Wildman–Crippen LogP) is 0.615. The maximum Gasteiger partial charge on any atom is 0.335 e. The van der Waals surface area contributed by atoms with Gasteiger partial charge in [-0.2, -0.15) is 0 Å². The summed E-state index contributed by atoms with van der Waals surface area (Å²) in [5, 5.41) is 17.1. The smallest absolute Gasteiger partial charge is 0.335 e. The van der Waals surface area contributed by atoms with Crippen LogP contribution in [0, 0.1) is 0 Å². The molecule has 0 radical (unpaired) electrons. The zero-order valence-corrected chi connectivity index (χ0v) is 5.62. The summed E-state index contributed by atoms with van der Waals surface area (Å²) in [4.78, 5) is 10.2. The molecule has 1 unspecified atom stereocenters. The number of alkyl halides is 1. The zero-order valence-electron chi connectivity index (χ0n) is 5.62. The molecule has 4 heteroatoms. The van der Waals surface area contributed by atoms with E-state index in [1.54, 1.807) is 0 Å². The number of hydrogen-bond acceptors (Lipinski definition) is 2. The molecule has 11 heavy (non-hydrogen) atoms. The minimum absolute atomic E-state index is 0.00678. The number of carbonyl (C=O) groups is 1. The van der Waals surface area contributed by atoms with E-state index < -0.39 is 11.8 Å². The summed E-state index contributed by atoms with van der Waals surface area (Å²) < 4.78 is 12.5. The third-order valence-corrected chi connectivity index (χ3v) is 1.37. The molecular weight excluding hydrogens is 151 g/mol. The second-order valence-electron chi connectivity index (χ2n) is 2.32. The molecule has 0 aliphatic heterocycles. The van der Waals surface area contributed by atoms with Gasteiger partial charge in [0.05, 0.1) is 5.57 Å². The number of aliphatic hydroxyl groups is 1. The molecular formula is C7H7FO3. The molecule has 0 heterocycles. The van der Waals surface area contributed by atoms with Gasteiger partial charge in [0.15, 0.2) is 0 Å². The summed E-state index contributed by atoms with van der Waals surface area (Å²) in [6, 6.07) is 0. The van der Waals surface area contributed by atoms with Crippen molar-refractivity contribution in [3.8, 4) is 0 Å². The molecule has 0 saturated heterocycles. The first kappa shape index (κ1) is 7.94. The minimum Gasteiger partial charge on any atom is -0.478 e. The van der Waals surface area contributed by atoms with E-state index in [9.17, 15) is 9.18 Å². The summed E-state index contributed by atoms with van der Waals surface area (Å²) in [5.41, 5.74) is 0.00678. The van der Waals surface area contributed by atoms with Gasteiger partial charge in [0.25, 0.3) is 0 Å². The highest BCUT2D eigenvalue weighted by Crippen LogP contribution is 2.21. The number of halogens is 1. The molecule has 0 saturated carbocycles. The minimum atomic E-state index is -2.38. The maximum absolute atomic E-state index is 12.5. The maximum atomic E-state index is 12.5. The van der Waals surface area contributed by atoms with Crippen LogP contribution < -0.4 is 0 Å². The molecule has 1 aliphatic rings. The molecule has 1 rings (SSSR count). The van der Waals surface area contributed by atoms with Crippen molar-refractivity contribution in [2.75, 3.05) is 0 Å². The van der Waals surface area contributed by atoms with Crippen LogP contribution in [0.2, 0.25) is 0 Å². The SMILES string of the molecule is O=C(O)C1=CCC(O)(F)C=C1. The molecule has 0 aromatic rings. The fraction of sp³-hybridized carbons (Fsp3) is 0.286. The van der Waals surface area contributed by atoms with Gasteiger partial charge >= 0.3 is 5.97 Å². The van der Waals surface area contributed by atoms with Crippen molar-refractivity contribution in [3.63, 3.8) is 0 Å². The highest BCUT2D eigenvalue weighted by Gasteiger charge is 2.24. The Kier molecular flexibility index (Phi) is 1.78. The Balaban J connectivity index is 2.75. The highest BCUT2D eigenvalue weighted by molar-refractivity contribution is 5.90. The van der Waals surface area contributed by atoms with Gasteiger partial charge < -0.3 is 10.2 Å². The lowest BCUT2D eigenvalue weighted by atomic mass is 10.0. The number of carboxylic acid groups (broad SMARTS) is 1. The summed E-state index contributed by atoms with van der Waals surface area (Å²) in [6.07, 6.45) is 2.72. The van der Waals surface area contributed by atoms with Crippen LogP contribution in [0.3, 0.4) is 0 Å². The van der Waals surface area contributed by atoms with Crippen LogP contribution in [0.25, 0.3) is 0 Å². The first-order valence-corrected chi connectivity index (χ1v) is 3.05. The van der Waals surface area contributed by atoms with Crippen molar-refractivity contribution in [1.29, 1.82) is 0 Å². The van der Waals surface area contributed by atoms with E-state index in [1.807, 2.05) is 0 Å². The largest absolute Gasteiger partial charge is 0.478 e. The monoisotopic (exact) mass is 158 g/mol. The molecule has 0 aromatic heterocycles. The van der Waals surface area contributed by atoms with E-state index in [4.69, 9.17) is 10.2 Å². The predicted molar refractivity (Wildman–Crippen MR) is 35.5 cm³/mol. The summed E-state index contributed by atoms with van der Waals surface area (Å²) in [7, 11) is 0. The Morgan fingerprint density at radius 3 is 2.73 bits per heavy atom. The van der Waals surface area contributed by atoms with Gasteiger partial charge in [-0.1, -0.05) is 6.08 Å². The van der Waals surface area contributed by atoms with Gasteiger partial charge in [-0.25, -0.2) is 9.18 Å². The van der Waals surface area contributed by atoms with Crippen LogP contribution >= 0.6 is 0 Å². The third kappa shape index (κ3) is 1.88. The lowest BCUT2D eigenvalue weighted by Gasteiger charge is -2.15. The van der Waals surface area contributed by atoms with Crippen molar-refractivity contribution < 1.29 is 19.4 Å². The summed E-state index contributed by atoms with van der Waals surface area (Å²) in [5.74, 6) is -3.49. The van der Waals surface area contributed by atoms with Gasteiger partial charge in [0, 0.05) is 6.42 Å². The van der Waals surface area contributed by atoms with Gasteiger partial charge in [0.2, 0.25) is 5.85 Å². The van der Waals surface area contributed by atoms with Crippen LogP contribution in [-0.2, 0) is 4.79 Å². The quantitative estimate of drug-likeness (QED) is 0.588. The van der Waals surface area contributed by atoms with Crippen molar-refractivity contribution in [2.24, 2.45) is 0 Å². The first-order valence-electron chi connectivity index (χ1n) is 3.05. The lowest BCUT2D eigenvalue weighted by molar-refractivity contribution is -0.132. The average molecular weight is 158 g/mol. The second-order valence-corrected chi connectivity index (χ2v) is 2.32. The molecule has 0 bridgehead atoms. The normalized spacial score (nSPS) is 29.8. The molecule has 1 atom stereocenters. The molecule has 3 nitrogen and oxygen atoms in total. The Labute approximate surface area is 62.5 Å². The van der Waals surface area contributed by atoms with E-state index in [0.717, 1.165) is 18.2 Å². The second kappa shape index (κ2) is 2.47. The fourth-order valence-electron chi connectivity index (χ4n) is 0.765. The van der Waals surface area contributed by atoms with E-state index >= 15 is 0 Å². The average Bonchev–Trinajstić information content (AvgIpc) is 1.86. The highest BCUT2D eigenvalue weighted by atomic mass is 19.2. The van der Waals surface area contributed by atoms with Gasteiger partial charge in [-0.15, -0.1) is 0 Å². The molecule has 60 valence electrons. The van der Waals surface area contributed by atoms with E-state index in [-0.39, 0.29) is 12.0 Å². The van der Waals surface area contributed by atoms with Crippen LogP contribution in [-0.4, -0.2) is 22.0 Å². The van der Waals surface area contributed by atoms with E-state index in [2.05, 4.69) is 0 Å². The van der Waals surface area contributed by atoms with Crippen molar-refractivity contribution in [3.05, 3.63) is 23.8 Å². The van der Waals surface area contributed by atoms with Gasteiger partial charge in [-0.05, 0) is 12.2 Å². The van der Waals surface area contributed by atoms with Gasteiger partial charge in [0.1, 0.15) is 0 Å².